The van der Waals surface area contributed by atoms with Gasteiger partial charge in [-0.25, -0.2) is 0 Å². The molecule has 7 heteroatoms. The van der Waals surface area contributed by atoms with Gasteiger partial charge in [0, 0.05) is 11.4 Å². The molecular weight excluding hydrogens is 297 g/mol. The fraction of sp³-hybridized carbons (Fsp3) is 0.300. The summed E-state index contributed by atoms with van der Waals surface area (Å²) in [6.07, 6.45) is -4.76. The van der Waals surface area contributed by atoms with Crippen LogP contribution in [0.5, 0.6) is 0 Å². The second kappa shape index (κ2) is 4.93. The molecular formula is C10H5Cl3F3N. The van der Waals surface area contributed by atoms with E-state index in [9.17, 15) is 13.2 Å². The average molecular weight is 303 g/mol. The Hall–Kier alpha value is -0.630. The smallest absolute Gasteiger partial charge is 0.195 e. The molecule has 1 aromatic rings. The van der Waals surface area contributed by atoms with Crippen molar-refractivity contribution in [2.75, 3.05) is 0 Å². The molecule has 0 bridgehead atoms. The lowest BCUT2D eigenvalue weighted by Gasteiger charge is -2.14. The second-order valence-electron chi connectivity index (χ2n) is 3.30. The minimum atomic E-state index is -4.48. The summed E-state index contributed by atoms with van der Waals surface area (Å²) >= 11 is 16.8. The first-order valence-corrected chi connectivity index (χ1v) is 5.44. The van der Waals surface area contributed by atoms with E-state index >= 15 is 0 Å². The van der Waals surface area contributed by atoms with Crippen molar-refractivity contribution in [1.82, 2.24) is 0 Å². The Morgan fingerprint density at radius 2 is 1.82 bits per heavy atom. The molecule has 0 unspecified atom stereocenters. The van der Waals surface area contributed by atoms with Gasteiger partial charge in [-0.3, -0.25) is 0 Å². The highest BCUT2D eigenvalue weighted by atomic mass is 35.5. The lowest BCUT2D eigenvalue weighted by molar-refractivity contribution is -0.137. The van der Waals surface area contributed by atoms with Crippen molar-refractivity contribution < 1.29 is 13.2 Å². The highest BCUT2D eigenvalue weighted by Crippen LogP contribution is 2.34. The Labute approximate surface area is 111 Å². The molecule has 92 valence electrons. The minimum absolute atomic E-state index is 0.0769. The monoisotopic (exact) mass is 301 g/mol. The maximum Gasteiger partial charge on any atom is 0.416 e. The largest absolute Gasteiger partial charge is 0.416 e. The fourth-order valence-electron chi connectivity index (χ4n) is 1.17. The Morgan fingerprint density at radius 1 is 1.24 bits per heavy atom. The Kier molecular flexibility index (Phi) is 4.19. The molecule has 17 heavy (non-hydrogen) atoms. The second-order valence-corrected chi connectivity index (χ2v) is 5.19. The predicted octanol–water partition coefficient (Wildman–Crippen LogP) is 4.60. The third-order valence-electron chi connectivity index (χ3n) is 1.95. The van der Waals surface area contributed by atoms with E-state index in [4.69, 9.17) is 40.1 Å². The average Bonchev–Trinajstić information content (AvgIpc) is 2.19. The summed E-state index contributed by atoms with van der Waals surface area (Å²) in [5, 5.41) is 8.68. The first kappa shape index (κ1) is 14.4. The van der Waals surface area contributed by atoms with Crippen molar-refractivity contribution >= 4 is 34.8 Å². The predicted molar refractivity (Wildman–Crippen MR) is 60.2 cm³/mol. The summed E-state index contributed by atoms with van der Waals surface area (Å²) in [7, 11) is 0. The van der Waals surface area contributed by atoms with Gasteiger partial charge in [0.15, 0.2) is 0 Å². The van der Waals surface area contributed by atoms with Crippen molar-refractivity contribution in [3.05, 3.63) is 34.3 Å². The van der Waals surface area contributed by atoms with Gasteiger partial charge in [0.1, 0.15) is 6.07 Å². The zero-order valence-corrected chi connectivity index (χ0v) is 10.4. The fourth-order valence-corrected chi connectivity index (χ4v) is 1.64. The SMILES string of the molecule is N#CC(Cl)(Cl)Cc1cc(C(F)(F)F)ccc1Cl. The number of nitriles is 1. The summed E-state index contributed by atoms with van der Waals surface area (Å²) in [5.41, 5.74) is -0.785. The van der Waals surface area contributed by atoms with E-state index in [-0.39, 0.29) is 17.0 Å². The van der Waals surface area contributed by atoms with Gasteiger partial charge in [-0.1, -0.05) is 34.8 Å². The topological polar surface area (TPSA) is 23.8 Å². The van der Waals surface area contributed by atoms with E-state index in [1.807, 2.05) is 0 Å². The molecule has 0 aromatic heterocycles. The van der Waals surface area contributed by atoms with Crippen molar-refractivity contribution in [2.45, 2.75) is 16.9 Å². The maximum absolute atomic E-state index is 12.4. The van der Waals surface area contributed by atoms with Crippen molar-refractivity contribution in [1.29, 1.82) is 5.26 Å². The quantitative estimate of drug-likeness (QED) is 0.733. The zero-order valence-electron chi connectivity index (χ0n) is 8.15. The number of hydrogen-bond donors (Lipinski definition) is 0. The minimum Gasteiger partial charge on any atom is -0.195 e. The summed E-state index contributed by atoms with van der Waals surface area (Å²) in [5.74, 6) is 0. The Bertz CT molecular complexity index is 463. The molecule has 0 heterocycles. The standard InChI is InChI=1S/C10H5Cl3F3N/c11-8-2-1-7(10(14,15)16)3-6(8)4-9(12,13)5-17/h1-3H,4H2. The lowest BCUT2D eigenvalue weighted by Crippen LogP contribution is -2.14. The molecule has 1 rings (SSSR count). The highest BCUT2D eigenvalue weighted by molar-refractivity contribution is 6.50. The van der Waals surface area contributed by atoms with Crippen LogP contribution in [0.25, 0.3) is 0 Å². The number of nitrogens with zero attached hydrogens (tertiary/aromatic N) is 1. The number of halogens is 6. The summed E-state index contributed by atoms with van der Waals surface area (Å²) in [4.78, 5) is 0. The van der Waals surface area contributed by atoms with Crippen LogP contribution in [-0.2, 0) is 12.6 Å². The molecule has 0 aliphatic carbocycles. The Balaban J connectivity index is 3.13. The molecule has 0 amide bonds. The van der Waals surface area contributed by atoms with Crippen molar-refractivity contribution in [3.63, 3.8) is 0 Å². The van der Waals surface area contributed by atoms with Gasteiger partial charge in [-0.05, 0) is 23.8 Å². The summed E-state index contributed by atoms with van der Waals surface area (Å²) in [6.45, 7) is 0. The van der Waals surface area contributed by atoms with Crippen LogP contribution in [0.15, 0.2) is 18.2 Å². The van der Waals surface area contributed by atoms with E-state index in [1.165, 1.54) is 0 Å². The van der Waals surface area contributed by atoms with Crippen LogP contribution in [0.3, 0.4) is 0 Å². The van der Waals surface area contributed by atoms with Crippen LogP contribution >= 0.6 is 34.8 Å². The molecule has 0 aliphatic heterocycles. The van der Waals surface area contributed by atoms with Crippen LogP contribution in [0.1, 0.15) is 11.1 Å². The van der Waals surface area contributed by atoms with E-state index in [0.29, 0.717) is 0 Å². The third kappa shape index (κ3) is 3.95. The molecule has 0 radical (unpaired) electrons. The highest BCUT2D eigenvalue weighted by Gasteiger charge is 2.32. The van der Waals surface area contributed by atoms with E-state index in [2.05, 4.69) is 0 Å². The molecule has 0 atom stereocenters. The number of benzene rings is 1. The summed E-state index contributed by atoms with van der Waals surface area (Å²) < 4.78 is 35.5. The van der Waals surface area contributed by atoms with E-state index in [1.54, 1.807) is 6.07 Å². The van der Waals surface area contributed by atoms with Crippen molar-refractivity contribution in [2.24, 2.45) is 0 Å². The molecule has 1 nitrogen and oxygen atoms in total. The molecule has 0 aliphatic rings. The van der Waals surface area contributed by atoms with Crippen LogP contribution in [0.4, 0.5) is 13.2 Å². The molecule has 0 spiro atoms. The van der Waals surface area contributed by atoms with Crippen molar-refractivity contribution in [3.8, 4) is 6.07 Å². The van der Waals surface area contributed by atoms with Gasteiger partial charge in [0.2, 0.25) is 4.33 Å². The molecule has 0 fully saturated rings. The van der Waals surface area contributed by atoms with Crippen LogP contribution < -0.4 is 0 Å². The van der Waals surface area contributed by atoms with Gasteiger partial charge < -0.3 is 0 Å². The normalized spacial score (nSPS) is 12.3. The van der Waals surface area contributed by atoms with Crippen LogP contribution in [-0.4, -0.2) is 4.33 Å². The molecule has 1 aromatic carbocycles. The van der Waals surface area contributed by atoms with Gasteiger partial charge in [0.25, 0.3) is 0 Å². The lowest BCUT2D eigenvalue weighted by atomic mass is 10.1. The molecule has 0 N–H and O–H groups in total. The number of alkyl halides is 5. The van der Waals surface area contributed by atoms with Gasteiger partial charge in [-0.2, -0.15) is 18.4 Å². The molecule has 0 saturated carbocycles. The summed E-state index contributed by atoms with van der Waals surface area (Å²) in [6, 6.07) is 4.35. The Morgan fingerprint density at radius 3 is 2.29 bits per heavy atom. The first-order chi connectivity index (χ1) is 7.65. The van der Waals surface area contributed by atoms with Crippen LogP contribution in [0, 0.1) is 11.3 Å². The molecule has 0 saturated heterocycles. The number of rotatable bonds is 2. The maximum atomic E-state index is 12.4. The van der Waals surface area contributed by atoms with Gasteiger partial charge in [0.05, 0.1) is 5.56 Å². The van der Waals surface area contributed by atoms with Gasteiger partial charge in [-0.15, -0.1) is 0 Å². The van der Waals surface area contributed by atoms with E-state index < -0.39 is 16.1 Å². The zero-order chi connectivity index (χ0) is 13.3. The van der Waals surface area contributed by atoms with Crippen LogP contribution in [0.2, 0.25) is 5.02 Å². The first-order valence-electron chi connectivity index (χ1n) is 4.30. The van der Waals surface area contributed by atoms with Gasteiger partial charge >= 0.3 is 6.18 Å². The third-order valence-corrected chi connectivity index (χ3v) is 2.75. The number of hydrogen-bond acceptors (Lipinski definition) is 1. The van der Waals surface area contributed by atoms with E-state index in [0.717, 1.165) is 18.2 Å².